The third kappa shape index (κ3) is 4.94. The standard InChI is InChI=1S/C12H19N3O3S/c1-5-7-9(17)13-11(14-10(7)18)19-6-8(16)15-12(2,3)4/h5-6H2,1-4H3,(H,15,16)(H2,13,14,17,18). The van der Waals surface area contributed by atoms with Crippen LogP contribution in [0.3, 0.4) is 0 Å². The van der Waals surface area contributed by atoms with Gasteiger partial charge in [0.15, 0.2) is 5.16 Å². The predicted octanol–water partition coefficient (Wildman–Crippen LogP) is 1.04. The summed E-state index contributed by atoms with van der Waals surface area (Å²) < 4.78 is 0. The number of aromatic hydroxyl groups is 1. The van der Waals surface area contributed by atoms with Crippen molar-refractivity contribution in [3.05, 3.63) is 15.9 Å². The van der Waals surface area contributed by atoms with Gasteiger partial charge in [-0.15, -0.1) is 0 Å². The Morgan fingerprint density at radius 3 is 2.58 bits per heavy atom. The van der Waals surface area contributed by atoms with Gasteiger partial charge in [0.1, 0.15) is 0 Å². The average Bonchev–Trinajstić information content (AvgIpc) is 2.23. The van der Waals surface area contributed by atoms with Crippen LogP contribution in [-0.4, -0.2) is 32.3 Å². The number of hydrogen-bond donors (Lipinski definition) is 3. The van der Waals surface area contributed by atoms with Crippen molar-refractivity contribution in [1.29, 1.82) is 0 Å². The van der Waals surface area contributed by atoms with Crippen LogP contribution in [0.1, 0.15) is 33.3 Å². The molecule has 0 aliphatic heterocycles. The Hall–Kier alpha value is -1.50. The lowest BCUT2D eigenvalue weighted by Gasteiger charge is -2.20. The Morgan fingerprint density at radius 2 is 2.11 bits per heavy atom. The fraction of sp³-hybridized carbons (Fsp3) is 0.583. The first-order chi connectivity index (χ1) is 8.73. The topological polar surface area (TPSA) is 95.1 Å². The maximum atomic E-state index is 11.6. The molecule has 1 aromatic heterocycles. The van der Waals surface area contributed by atoms with E-state index in [1.807, 2.05) is 20.8 Å². The van der Waals surface area contributed by atoms with Gasteiger partial charge in [0.05, 0.1) is 11.3 Å². The minimum atomic E-state index is -0.367. The first-order valence-electron chi connectivity index (χ1n) is 5.99. The average molecular weight is 285 g/mol. The normalized spacial score (nSPS) is 11.4. The first kappa shape index (κ1) is 15.6. The molecule has 6 nitrogen and oxygen atoms in total. The van der Waals surface area contributed by atoms with Gasteiger partial charge in [0.2, 0.25) is 11.8 Å². The van der Waals surface area contributed by atoms with E-state index in [-0.39, 0.29) is 39.4 Å². The van der Waals surface area contributed by atoms with Crippen LogP contribution in [0.25, 0.3) is 0 Å². The smallest absolute Gasteiger partial charge is 0.258 e. The van der Waals surface area contributed by atoms with Crippen molar-refractivity contribution in [2.75, 3.05) is 5.75 Å². The highest BCUT2D eigenvalue weighted by Crippen LogP contribution is 2.16. The lowest BCUT2D eigenvalue weighted by atomic mass is 10.1. The molecule has 106 valence electrons. The van der Waals surface area contributed by atoms with Crippen LogP contribution >= 0.6 is 11.8 Å². The van der Waals surface area contributed by atoms with Crippen molar-refractivity contribution < 1.29 is 9.90 Å². The molecule has 0 fully saturated rings. The van der Waals surface area contributed by atoms with E-state index < -0.39 is 0 Å². The summed E-state index contributed by atoms with van der Waals surface area (Å²) in [7, 11) is 0. The Labute approximate surface area is 116 Å². The van der Waals surface area contributed by atoms with E-state index in [1.165, 1.54) is 0 Å². The van der Waals surface area contributed by atoms with Crippen molar-refractivity contribution >= 4 is 17.7 Å². The van der Waals surface area contributed by atoms with E-state index in [9.17, 15) is 14.7 Å². The number of carbonyl (C=O) groups is 1. The summed E-state index contributed by atoms with van der Waals surface area (Å²) in [5.41, 5.74) is -0.413. The Bertz CT molecular complexity index is 520. The third-order valence-electron chi connectivity index (χ3n) is 2.18. The zero-order valence-corrected chi connectivity index (χ0v) is 12.3. The van der Waals surface area contributed by atoms with E-state index >= 15 is 0 Å². The molecular weight excluding hydrogens is 266 g/mol. The summed E-state index contributed by atoms with van der Waals surface area (Å²) in [5, 5.41) is 12.6. The molecule has 0 aliphatic rings. The molecule has 1 amide bonds. The molecular formula is C12H19N3O3S. The monoisotopic (exact) mass is 285 g/mol. The van der Waals surface area contributed by atoms with Gasteiger partial charge < -0.3 is 15.4 Å². The molecule has 1 heterocycles. The molecule has 7 heteroatoms. The predicted molar refractivity (Wildman–Crippen MR) is 74.5 cm³/mol. The van der Waals surface area contributed by atoms with E-state index in [0.717, 1.165) is 11.8 Å². The maximum absolute atomic E-state index is 11.6. The van der Waals surface area contributed by atoms with Gasteiger partial charge in [-0.05, 0) is 27.2 Å². The summed E-state index contributed by atoms with van der Waals surface area (Å²) in [4.78, 5) is 29.6. The Balaban J connectivity index is 2.69. The molecule has 0 aromatic carbocycles. The molecule has 1 rings (SSSR count). The molecule has 0 radical (unpaired) electrons. The van der Waals surface area contributed by atoms with E-state index in [4.69, 9.17) is 0 Å². The Morgan fingerprint density at radius 1 is 1.47 bits per heavy atom. The molecule has 0 saturated carbocycles. The van der Waals surface area contributed by atoms with Gasteiger partial charge >= 0.3 is 0 Å². The van der Waals surface area contributed by atoms with Crippen LogP contribution in [0, 0.1) is 0 Å². The van der Waals surface area contributed by atoms with E-state index in [1.54, 1.807) is 6.92 Å². The van der Waals surface area contributed by atoms with Crippen molar-refractivity contribution in [3.8, 4) is 5.88 Å². The first-order valence-corrected chi connectivity index (χ1v) is 6.97. The van der Waals surface area contributed by atoms with Gasteiger partial charge in [0.25, 0.3) is 5.56 Å². The molecule has 3 N–H and O–H groups in total. The number of nitrogens with one attached hydrogen (secondary N) is 2. The number of rotatable bonds is 4. The van der Waals surface area contributed by atoms with Gasteiger partial charge in [-0.2, -0.15) is 4.98 Å². The summed E-state index contributed by atoms with van der Waals surface area (Å²) in [6.45, 7) is 7.42. The summed E-state index contributed by atoms with van der Waals surface area (Å²) >= 11 is 1.08. The van der Waals surface area contributed by atoms with Gasteiger partial charge in [0, 0.05) is 5.54 Å². The molecule has 0 saturated heterocycles. The molecule has 0 atom stereocenters. The fourth-order valence-corrected chi connectivity index (χ4v) is 2.10. The Kier molecular flexibility index (Phi) is 4.99. The van der Waals surface area contributed by atoms with Gasteiger partial charge in [-0.3, -0.25) is 9.59 Å². The number of aromatic amines is 1. The minimum absolute atomic E-state index is 0.130. The zero-order valence-electron chi connectivity index (χ0n) is 11.5. The molecule has 0 spiro atoms. The fourth-order valence-electron chi connectivity index (χ4n) is 1.44. The summed E-state index contributed by atoms with van der Waals surface area (Å²) in [6, 6.07) is 0. The number of H-pyrrole nitrogens is 1. The second kappa shape index (κ2) is 6.10. The van der Waals surface area contributed by atoms with Crippen molar-refractivity contribution in [1.82, 2.24) is 15.3 Å². The molecule has 0 unspecified atom stereocenters. The lowest BCUT2D eigenvalue weighted by Crippen LogP contribution is -2.41. The highest BCUT2D eigenvalue weighted by Gasteiger charge is 2.15. The van der Waals surface area contributed by atoms with Crippen LogP contribution in [0.2, 0.25) is 0 Å². The van der Waals surface area contributed by atoms with Crippen molar-refractivity contribution in [2.24, 2.45) is 0 Å². The van der Waals surface area contributed by atoms with Gasteiger partial charge in [-0.25, -0.2) is 0 Å². The zero-order chi connectivity index (χ0) is 14.6. The third-order valence-corrected chi connectivity index (χ3v) is 3.05. The summed E-state index contributed by atoms with van der Waals surface area (Å²) in [6.07, 6.45) is 0.406. The highest BCUT2D eigenvalue weighted by molar-refractivity contribution is 7.99. The lowest BCUT2D eigenvalue weighted by molar-refractivity contribution is -0.119. The van der Waals surface area contributed by atoms with Crippen LogP contribution < -0.4 is 10.9 Å². The number of nitrogens with zero attached hydrogens (tertiary/aromatic N) is 1. The van der Waals surface area contributed by atoms with Crippen molar-refractivity contribution in [2.45, 2.75) is 44.8 Å². The van der Waals surface area contributed by atoms with Crippen LogP contribution in [0.5, 0.6) is 5.88 Å². The van der Waals surface area contributed by atoms with Crippen molar-refractivity contribution in [3.63, 3.8) is 0 Å². The molecule has 1 aromatic rings. The van der Waals surface area contributed by atoms with E-state index in [2.05, 4.69) is 15.3 Å². The highest BCUT2D eigenvalue weighted by atomic mass is 32.2. The maximum Gasteiger partial charge on any atom is 0.258 e. The van der Waals surface area contributed by atoms with Gasteiger partial charge in [-0.1, -0.05) is 18.7 Å². The number of thioether (sulfide) groups is 1. The quantitative estimate of drug-likeness (QED) is 0.567. The number of hydrogen-bond acceptors (Lipinski definition) is 5. The SMILES string of the molecule is CCc1c(O)nc(SCC(=O)NC(C)(C)C)[nH]c1=O. The van der Waals surface area contributed by atoms with Crippen LogP contribution in [0.4, 0.5) is 0 Å². The van der Waals surface area contributed by atoms with E-state index in [0.29, 0.717) is 6.42 Å². The largest absolute Gasteiger partial charge is 0.493 e. The number of amides is 1. The van der Waals surface area contributed by atoms with Crippen LogP contribution in [-0.2, 0) is 11.2 Å². The second-order valence-corrected chi connectivity index (χ2v) is 6.08. The summed E-state index contributed by atoms with van der Waals surface area (Å²) in [5.74, 6) is -0.297. The minimum Gasteiger partial charge on any atom is -0.493 e. The number of aromatic nitrogens is 2. The second-order valence-electron chi connectivity index (χ2n) is 5.11. The number of carbonyl (C=O) groups excluding carboxylic acids is 1. The molecule has 0 aliphatic carbocycles. The van der Waals surface area contributed by atoms with Crippen LogP contribution in [0.15, 0.2) is 9.95 Å². The molecule has 19 heavy (non-hydrogen) atoms. The molecule has 0 bridgehead atoms.